The molecule has 3 heterocycles. The first kappa shape index (κ1) is 15.1. The number of nitrogens with two attached hydrogens (primary N) is 1. The molecule has 6 N–H and O–H groups in total. The summed E-state index contributed by atoms with van der Waals surface area (Å²) in [5, 5.41) is 44.9. The van der Waals surface area contributed by atoms with E-state index in [1.165, 1.54) is 17.5 Å². The van der Waals surface area contributed by atoms with Gasteiger partial charge in [0.05, 0.1) is 6.61 Å². The molecule has 1 saturated heterocycles. The van der Waals surface area contributed by atoms with Crippen molar-refractivity contribution in [2.75, 3.05) is 12.3 Å². The van der Waals surface area contributed by atoms with Crippen LogP contribution in [0.4, 0.5) is 5.82 Å². The van der Waals surface area contributed by atoms with Crippen molar-refractivity contribution in [2.24, 2.45) is 0 Å². The molecular formula is C13H18N4O5. The smallest absolute Gasteiger partial charge is 0.242 e. The quantitative estimate of drug-likeness (QED) is 0.439. The standard InChI is InChI=1S/C13H18N4O5/c1-6-15-11(14)7-3-4-9(17(7)16-6)13(21)12(2,20)10(19)8(5-18)22-13/h3-4,8,10,18-21H,5H2,1-2H3,(H2,14,15,16)/t8-,10-,12-,13+/m1/s1. The Balaban J connectivity index is 2.22. The summed E-state index contributed by atoms with van der Waals surface area (Å²) in [6, 6.07) is 3.04. The molecule has 2 aromatic rings. The predicted octanol–water partition coefficient (Wildman–Crippen LogP) is -1.73. The second-order valence-corrected chi connectivity index (χ2v) is 5.64. The van der Waals surface area contributed by atoms with Crippen molar-refractivity contribution in [3.8, 4) is 0 Å². The van der Waals surface area contributed by atoms with Gasteiger partial charge in [-0.1, -0.05) is 0 Å². The fourth-order valence-electron chi connectivity index (χ4n) is 2.81. The van der Waals surface area contributed by atoms with Crippen LogP contribution in [0.2, 0.25) is 0 Å². The van der Waals surface area contributed by atoms with Gasteiger partial charge in [0, 0.05) is 0 Å². The Morgan fingerprint density at radius 1 is 1.41 bits per heavy atom. The van der Waals surface area contributed by atoms with E-state index in [1.807, 2.05) is 0 Å². The Labute approximate surface area is 125 Å². The van der Waals surface area contributed by atoms with Crippen molar-refractivity contribution in [2.45, 2.75) is 37.4 Å². The van der Waals surface area contributed by atoms with Crippen LogP contribution in [0.3, 0.4) is 0 Å². The molecule has 22 heavy (non-hydrogen) atoms. The first-order valence-corrected chi connectivity index (χ1v) is 6.76. The van der Waals surface area contributed by atoms with Gasteiger partial charge in [0.1, 0.15) is 34.8 Å². The minimum atomic E-state index is -2.26. The van der Waals surface area contributed by atoms with Gasteiger partial charge in [-0.25, -0.2) is 9.50 Å². The maximum Gasteiger partial charge on any atom is 0.242 e. The summed E-state index contributed by atoms with van der Waals surface area (Å²) in [5.41, 5.74) is 4.27. The van der Waals surface area contributed by atoms with E-state index in [2.05, 4.69) is 10.1 Å². The highest BCUT2D eigenvalue weighted by Crippen LogP contribution is 2.45. The Hall–Kier alpha value is -1.78. The maximum absolute atomic E-state index is 10.9. The number of ether oxygens (including phenoxy) is 1. The highest BCUT2D eigenvalue weighted by Gasteiger charge is 2.64. The van der Waals surface area contributed by atoms with Crippen LogP contribution in [0.25, 0.3) is 5.52 Å². The van der Waals surface area contributed by atoms with E-state index in [-0.39, 0.29) is 11.5 Å². The van der Waals surface area contributed by atoms with Crippen LogP contribution in [0, 0.1) is 6.92 Å². The SMILES string of the molecule is Cc1nc(N)c2ccc([C@]3(O)O[C@H](CO)[C@@H](O)[C@@]3(C)O)n2n1. The van der Waals surface area contributed by atoms with Crippen molar-refractivity contribution in [1.82, 2.24) is 14.6 Å². The second-order valence-electron chi connectivity index (χ2n) is 5.64. The number of aliphatic hydroxyl groups excluding tert-OH is 2. The highest BCUT2D eigenvalue weighted by molar-refractivity contribution is 5.66. The first-order valence-electron chi connectivity index (χ1n) is 6.76. The van der Waals surface area contributed by atoms with Crippen LogP contribution in [-0.2, 0) is 10.5 Å². The molecule has 0 aliphatic carbocycles. The molecule has 1 aliphatic heterocycles. The lowest BCUT2D eigenvalue weighted by Crippen LogP contribution is -2.53. The van der Waals surface area contributed by atoms with Gasteiger partial charge in [0.15, 0.2) is 5.82 Å². The number of hydrogen-bond acceptors (Lipinski definition) is 8. The van der Waals surface area contributed by atoms with Crippen molar-refractivity contribution in [1.29, 1.82) is 0 Å². The Kier molecular flexibility index (Phi) is 3.17. The molecule has 0 unspecified atom stereocenters. The third-order valence-corrected chi connectivity index (χ3v) is 4.11. The Morgan fingerprint density at radius 3 is 2.68 bits per heavy atom. The molecule has 0 radical (unpaired) electrons. The lowest BCUT2D eigenvalue weighted by atomic mass is 9.88. The second kappa shape index (κ2) is 4.61. The minimum absolute atomic E-state index is 0.0831. The zero-order chi connectivity index (χ0) is 16.3. The highest BCUT2D eigenvalue weighted by atomic mass is 16.7. The molecule has 0 aromatic carbocycles. The van der Waals surface area contributed by atoms with Crippen LogP contribution in [0.5, 0.6) is 0 Å². The van der Waals surface area contributed by atoms with Gasteiger partial charge in [-0.3, -0.25) is 0 Å². The van der Waals surface area contributed by atoms with Crippen LogP contribution < -0.4 is 5.73 Å². The van der Waals surface area contributed by atoms with Crippen LogP contribution >= 0.6 is 0 Å². The molecule has 0 spiro atoms. The number of anilines is 1. The third-order valence-electron chi connectivity index (χ3n) is 4.11. The number of hydrogen-bond donors (Lipinski definition) is 5. The molecule has 3 rings (SSSR count). The molecule has 0 saturated carbocycles. The molecule has 0 bridgehead atoms. The average Bonchev–Trinajstić information content (AvgIpc) is 2.93. The first-order chi connectivity index (χ1) is 10.2. The average molecular weight is 310 g/mol. The molecule has 120 valence electrons. The van der Waals surface area contributed by atoms with E-state index < -0.39 is 30.2 Å². The van der Waals surface area contributed by atoms with Gasteiger partial charge in [-0.15, -0.1) is 0 Å². The van der Waals surface area contributed by atoms with Gasteiger partial charge >= 0.3 is 0 Å². The Morgan fingerprint density at radius 2 is 2.09 bits per heavy atom. The molecular weight excluding hydrogens is 292 g/mol. The van der Waals surface area contributed by atoms with E-state index in [0.717, 1.165) is 0 Å². The molecule has 0 amide bonds. The topological polar surface area (TPSA) is 146 Å². The molecule has 9 nitrogen and oxygen atoms in total. The summed E-state index contributed by atoms with van der Waals surface area (Å²) in [6.45, 7) is 2.30. The molecule has 9 heteroatoms. The Bertz CT molecular complexity index is 731. The number of nitrogens with zero attached hydrogens (tertiary/aromatic N) is 3. The number of nitrogen functional groups attached to an aromatic ring is 1. The fourth-order valence-corrected chi connectivity index (χ4v) is 2.81. The van der Waals surface area contributed by atoms with Gasteiger partial charge < -0.3 is 30.9 Å². The zero-order valence-electron chi connectivity index (χ0n) is 12.1. The lowest BCUT2D eigenvalue weighted by molar-refractivity contribution is -0.275. The molecule has 4 atom stereocenters. The van der Waals surface area contributed by atoms with Crippen LogP contribution in [-0.4, -0.2) is 59.4 Å². The molecule has 1 fully saturated rings. The predicted molar refractivity (Wildman–Crippen MR) is 74.6 cm³/mol. The van der Waals surface area contributed by atoms with E-state index in [9.17, 15) is 20.4 Å². The molecule has 1 aliphatic rings. The number of fused-ring (bicyclic) bond motifs is 1. The number of rotatable bonds is 2. The maximum atomic E-state index is 10.9. The van der Waals surface area contributed by atoms with Gasteiger partial charge in [0.2, 0.25) is 5.79 Å². The summed E-state index contributed by atoms with van der Waals surface area (Å²) in [6.07, 6.45) is -2.61. The van der Waals surface area contributed by atoms with Crippen molar-refractivity contribution in [3.05, 3.63) is 23.7 Å². The van der Waals surface area contributed by atoms with Crippen molar-refractivity contribution in [3.63, 3.8) is 0 Å². The monoisotopic (exact) mass is 310 g/mol. The fraction of sp³-hybridized carbons (Fsp3) is 0.538. The zero-order valence-corrected chi connectivity index (χ0v) is 12.1. The van der Waals surface area contributed by atoms with Crippen molar-refractivity contribution >= 4 is 11.3 Å². The van der Waals surface area contributed by atoms with Crippen molar-refractivity contribution < 1.29 is 25.2 Å². The number of aryl methyl sites for hydroxylation is 1. The normalized spacial score (nSPS) is 35.4. The summed E-state index contributed by atoms with van der Waals surface area (Å²) in [7, 11) is 0. The van der Waals surface area contributed by atoms with Crippen LogP contribution in [0.15, 0.2) is 12.1 Å². The summed E-state index contributed by atoms with van der Waals surface area (Å²) >= 11 is 0. The van der Waals surface area contributed by atoms with Gasteiger partial charge in [-0.05, 0) is 26.0 Å². The largest absolute Gasteiger partial charge is 0.394 e. The lowest BCUT2D eigenvalue weighted by Gasteiger charge is -2.34. The summed E-state index contributed by atoms with van der Waals surface area (Å²) in [5.74, 6) is -1.69. The van der Waals surface area contributed by atoms with Gasteiger partial charge in [-0.2, -0.15) is 5.10 Å². The number of aromatic nitrogens is 3. The van der Waals surface area contributed by atoms with E-state index in [0.29, 0.717) is 11.3 Å². The van der Waals surface area contributed by atoms with Gasteiger partial charge in [0.25, 0.3) is 0 Å². The van der Waals surface area contributed by atoms with E-state index in [4.69, 9.17) is 10.5 Å². The summed E-state index contributed by atoms with van der Waals surface area (Å²) < 4.78 is 6.65. The van der Waals surface area contributed by atoms with E-state index in [1.54, 1.807) is 13.0 Å². The van der Waals surface area contributed by atoms with Crippen LogP contribution in [0.1, 0.15) is 18.4 Å². The van der Waals surface area contributed by atoms with E-state index >= 15 is 0 Å². The summed E-state index contributed by atoms with van der Waals surface area (Å²) in [4.78, 5) is 4.02. The third kappa shape index (κ3) is 1.77. The minimum Gasteiger partial charge on any atom is -0.394 e. The molecule has 2 aromatic heterocycles. The number of aliphatic hydroxyl groups is 4.